The number of thiophene rings is 1. The molecule has 0 amide bonds. The average molecular weight is 693 g/mol. The van der Waals surface area contributed by atoms with E-state index >= 15 is 0 Å². The van der Waals surface area contributed by atoms with E-state index in [1.54, 1.807) is 0 Å². The van der Waals surface area contributed by atoms with Crippen LogP contribution >= 0.6 is 11.3 Å². The molecule has 12 rings (SSSR count). The average Bonchev–Trinajstić information content (AvgIpc) is 3.84. The maximum atomic E-state index is 6.65. The summed E-state index contributed by atoms with van der Waals surface area (Å²) in [5.74, 6) is 0. The number of fused-ring (bicyclic) bond motifs is 15. The van der Waals surface area contributed by atoms with Gasteiger partial charge in [0.05, 0.1) is 0 Å². The van der Waals surface area contributed by atoms with Crippen molar-refractivity contribution < 1.29 is 4.42 Å². The highest BCUT2D eigenvalue weighted by Crippen LogP contribution is 2.57. The maximum Gasteiger partial charge on any atom is 0.143 e. The second-order valence-electron chi connectivity index (χ2n) is 15.1. The molecular weight excluding hydrogens is 661 g/mol. The van der Waals surface area contributed by atoms with Crippen molar-refractivity contribution in [2.45, 2.75) is 19.3 Å². The van der Waals surface area contributed by atoms with Gasteiger partial charge in [0.2, 0.25) is 0 Å². The van der Waals surface area contributed by atoms with E-state index in [-0.39, 0.29) is 5.41 Å². The van der Waals surface area contributed by atoms with Gasteiger partial charge in [-0.2, -0.15) is 0 Å². The molecular formula is C51H32OS. The van der Waals surface area contributed by atoms with Gasteiger partial charge in [-0.3, -0.25) is 0 Å². The lowest BCUT2D eigenvalue weighted by molar-refractivity contribution is 0.664. The number of para-hydroxylation sites is 1. The van der Waals surface area contributed by atoms with Crippen LogP contribution in [0.5, 0.6) is 0 Å². The summed E-state index contributed by atoms with van der Waals surface area (Å²) in [6.07, 6.45) is 0. The lowest BCUT2D eigenvalue weighted by atomic mass is 9.78. The van der Waals surface area contributed by atoms with E-state index in [9.17, 15) is 0 Å². The summed E-state index contributed by atoms with van der Waals surface area (Å²) in [5, 5.41) is 12.6. The first-order valence-electron chi connectivity index (χ1n) is 18.4. The van der Waals surface area contributed by atoms with E-state index in [1.807, 2.05) is 11.3 Å². The maximum absolute atomic E-state index is 6.65. The molecule has 0 bridgehead atoms. The summed E-state index contributed by atoms with van der Waals surface area (Å²) in [5.41, 5.74) is 12.2. The van der Waals surface area contributed by atoms with E-state index in [2.05, 4.69) is 172 Å². The lowest BCUT2D eigenvalue weighted by Gasteiger charge is -2.24. The molecule has 1 aliphatic carbocycles. The highest BCUT2D eigenvalue weighted by atomic mass is 32.1. The molecule has 1 aliphatic rings. The molecule has 0 unspecified atom stereocenters. The van der Waals surface area contributed by atoms with E-state index in [0.29, 0.717) is 0 Å². The van der Waals surface area contributed by atoms with Crippen molar-refractivity contribution in [1.29, 1.82) is 0 Å². The third-order valence-electron chi connectivity index (χ3n) is 12.0. The van der Waals surface area contributed by atoms with Gasteiger partial charge in [0.15, 0.2) is 0 Å². The molecule has 2 aromatic heterocycles. The standard InChI is InChI=1S/C51H32OS/c1-51(2)41-27-29(24-26-39(41)47-48-40-20-9-11-21-42(40)52-50(48)38-19-8-7-18-37(38)49(47)51)45-33-14-3-5-16-35(33)46(36-17-6-4-15-34(36)45)30-23-25-32-31-13-10-12-22-43(31)53-44(32)28-30/h3-28H,1-2H3. The fourth-order valence-electron chi connectivity index (χ4n) is 9.76. The number of hydrogen-bond acceptors (Lipinski definition) is 2. The highest BCUT2D eigenvalue weighted by Gasteiger charge is 2.40. The largest absolute Gasteiger partial charge is 0.455 e. The van der Waals surface area contributed by atoms with Gasteiger partial charge in [-0.15, -0.1) is 11.3 Å². The molecule has 1 nitrogen and oxygen atoms in total. The van der Waals surface area contributed by atoms with Gasteiger partial charge in [0, 0.05) is 41.7 Å². The topological polar surface area (TPSA) is 13.1 Å². The van der Waals surface area contributed by atoms with Crippen LogP contribution in [0.1, 0.15) is 25.0 Å². The minimum atomic E-state index is -0.224. The summed E-state index contributed by atoms with van der Waals surface area (Å²) >= 11 is 1.88. The van der Waals surface area contributed by atoms with Crippen LogP contribution in [0.4, 0.5) is 0 Å². The molecule has 9 aromatic carbocycles. The minimum absolute atomic E-state index is 0.224. The van der Waals surface area contributed by atoms with Gasteiger partial charge in [-0.05, 0) is 95.7 Å². The first-order chi connectivity index (χ1) is 26.1. The monoisotopic (exact) mass is 692 g/mol. The predicted octanol–water partition coefficient (Wildman–Crippen LogP) is 15.1. The van der Waals surface area contributed by atoms with Gasteiger partial charge in [-0.25, -0.2) is 0 Å². The molecule has 248 valence electrons. The van der Waals surface area contributed by atoms with Gasteiger partial charge in [-0.1, -0.05) is 147 Å². The minimum Gasteiger partial charge on any atom is -0.455 e. The van der Waals surface area contributed by atoms with Crippen molar-refractivity contribution in [3.05, 3.63) is 169 Å². The Bertz CT molecular complexity index is 3320. The molecule has 0 aliphatic heterocycles. The van der Waals surface area contributed by atoms with Gasteiger partial charge in [0.1, 0.15) is 11.2 Å². The molecule has 0 atom stereocenters. The van der Waals surface area contributed by atoms with Crippen LogP contribution < -0.4 is 0 Å². The lowest BCUT2D eigenvalue weighted by Crippen LogP contribution is -2.15. The van der Waals surface area contributed by atoms with Crippen molar-refractivity contribution in [1.82, 2.24) is 0 Å². The molecule has 53 heavy (non-hydrogen) atoms. The summed E-state index contributed by atoms with van der Waals surface area (Å²) in [6, 6.07) is 58.4. The molecule has 0 fully saturated rings. The van der Waals surface area contributed by atoms with Gasteiger partial charge in [0.25, 0.3) is 0 Å². The second kappa shape index (κ2) is 10.4. The third kappa shape index (κ3) is 3.86. The Morgan fingerprint density at radius 2 is 0.962 bits per heavy atom. The van der Waals surface area contributed by atoms with Crippen LogP contribution in [0.25, 0.3) is 108 Å². The van der Waals surface area contributed by atoms with Crippen LogP contribution in [-0.2, 0) is 5.41 Å². The van der Waals surface area contributed by atoms with Crippen LogP contribution in [0.2, 0.25) is 0 Å². The first-order valence-corrected chi connectivity index (χ1v) is 19.2. The number of furan rings is 1. The molecule has 2 heterocycles. The molecule has 0 spiro atoms. The van der Waals surface area contributed by atoms with E-state index in [0.717, 1.165) is 11.2 Å². The zero-order valence-corrected chi connectivity index (χ0v) is 30.1. The van der Waals surface area contributed by atoms with E-state index in [1.165, 1.54) is 108 Å². The quantitative estimate of drug-likeness (QED) is 0.164. The Morgan fingerprint density at radius 3 is 1.66 bits per heavy atom. The van der Waals surface area contributed by atoms with Gasteiger partial charge < -0.3 is 4.42 Å². The first kappa shape index (κ1) is 29.4. The SMILES string of the molecule is CC1(C)c2cc(-c3c4ccccc4c(-c4ccc5c(c4)sc4ccccc45)c4ccccc34)ccc2-c2c1c1ccccc1c1oc3ccccc3c21. The molecule has 0 saturated carbocycles. The zero-order valence-electron chi connectivity index (χ0n) is 29.3. The fourth-order valence-corrected chi connectivity index (χ4v) is 10.9. The molecule has 0 radical (unpaired) electrons. The fraction of sp³-hybridized carbons (Fsp3) is 0.0588. The Kier molecular flexibility index (Phi) is 5.78. The normalized spacial score (nSPS) is 13.6. The Morgan fingerprint density at radius 1 is 0.434 bits per heavy atom. The van der Waals surface area contributed by atoms with Crippen molar-refractivity contribution in [3.8, 4) is 33.4 Å². The van der Waals surface area contributed by atoms with Crippen molar-refractivity contribution >= 4 is 85.8 Å². The zero-order chi connectivity index (χ0) is 35.0. The summed E-state index contributed by atoms with van der Waals surface area (Å²) < 4.78 is 9.31. The predicted molar refractivity (Wildman–Crippen MR) is 228 cm³/mol. The molecule has 11 aromatic rings. The van der Waals surface area contributed by atoms with Crippen molar-refractivity contribution in [2.24, 2.45) is 0 Å². The third-order valence-corrected chi connectivity index (χ3v) is 13.1. The summed E-state index contributed by atoms with van der Waals surface area (Å²) in [4.78, 5) is 0. The number of rotatable bonds is 2. The van der Waals surface area contributed by atoms with Crippen molar-refractivity contribution in [2.75, 3.05) is 0 Å². The highest BCUT2D eigenvalue weighted by molar-refractivity contribution is 7.25. The second-order valence-corrected chi connectivity index (χ2v) is 16.2. The Balaban J connectivity index is 1.13. The van der Waals surface area contributed by atoms with Crippen LogP contribution in [-0.4, -0.2) is 0 Å². The van der Waals surface area contributed by atoms with Crippen LogP contribution in [0, 0.1) is 0 Å². The summed E-state index contributed by atoms with van der Waals surface area (Å²) in [7, 11) is 0. The van der Waals surface area contributed by atoms with E-state index in [4.69, 9.17) is 4.42 Å². The number of benzene rings is 9. The molecule has 0 saturated heterocycles. The smallest absolute Gasteiger partial charge is 0.143 e. The molecule has 0 N–H and O–H groups in total. The molecule has 2 heteroatoms. The summed E-state index contributed by atoms with van der Waals surface area (Å²) in [6.45, 7) is 4.82. The van der Waals surface area contributed by atoms with Crippen LogP contribution in [0.3, 0.4) is 0 Å². The van der Waals surface area contributed by atoms with Gasteiger partial charge >= 0.3 is 0 Å². The number of hydrogen-bond donors (Lipinski definition) is 0. The Hall–Kier alpha value is -6.22. The van der Waals surface area contributed by atoms with E-state index < -0.39 is 0 Å². The van der Waals surface area contributed by atoms with Crippen molar-refractivity contribution in [3.63, 3.8) is 0 Å². The van der Waals surface area contributed by atoms with Crippen LogP contribution in [0.15, 0.2) is 162 Å². The Labute approximate surface area is 310 Å².